The number of rotatable bonds is 4. The molecule has 1 aromatic rings. The molecule has 1 N–H and O–H groups in total. The minimum absolute atomic E-state index is 0.438. The van der Waals surface area contributed by atoms with Crippen LogP contribution in [0, 0.1) is 10.8 Å². The zero-order valence-corrected chi connectivity index (χ0v) is 13.6. The summed E-state index contributed by atoms with van der Waals surface area (Å²) >= 11 is 0. The van der Waals surface area contributed by atoms with Gasteiger partial charge < -0.3 is 10.1 Å². The Balaban J connectivity index is 1.96. The lowest BCUT2D eigenvalue weighted by Crippen LogP contribution is -2.43. The molecule has 112 valence electrons. The Hall–Kier alpha value is -1.02. The Labute approximate surface area is 123 Å². The maximum absolute atomic E-state index is 5.29. The molecule has 0 radical (unpaired) electrons. The average molecular weight is 275 g/mol. The van der Waals surface area contributed by atoms with Gasteiger partial charge in [-0.3, -0.25) is 0 Å². The Kier molecular flexibility index (Phi) is 4.43. The van der Waals surface area contributed by atoms with Crippen LogP contribution in [0.1, 0.15) is 52.5 Å². The fourth-order valence-electron chi connectivity index (χ4n) is 4.04. The van der Waals surface area contributed by atoms with Crippen LogP contribution in [0.4, 0.5) is 0 Å². The van der Waals surface area contributed by atoms with E-state index in [-0.39, 0.29) is 0 Å². The summed E-state index contributed by atoms with van der Waals surface area (Å²) in [4.78, 5) is 0. The molecular weight excluding hydrogens is 246 g/mol. The molecule has 1 aliphatic carbocycles. The molecule has 0 amide bonds. The highest BCUT2D eigenvalue weighted by Gasteiger charge is 2.38. The predicted molar refractivity (Wildman–Crippen MR) is 85.0 cm³/mol. The molecule has 0 aliphatic heterocycles. The molecule has 0 unspecified atom stereocenters. The van der Waals surface area contributed by atoms with E-state index >= 15 is 0 Å². The van der Waals surface area contributed by atoms with Gasteiger partial charge in [-0.1, -0.05) is 39.8 Å². The third kappa shape index (κ3) is 4.24. The maximum Gasteiger partial charge on any atom is 0.119 e. The van der Waals surface area contributed by atoms with Crippen molar-refractivity contribution in [1.82, 2.24) is 5.32 Å². The summed E-state index contributed by atoms with van der Waals surface area (Å²) < 4.78 is 5.29. The summed E-state index contributed by atoms with van der Waals surface area (Å²) in [5, 5.41) is 3.74. The minimum Gasteiger partial charge on any atom is -0.497 e. The van der Waals surface area contributed by atoms with Gasteiger partial charge in [-0.2, -0.15) is 0 Å². The predicted octanol–water partition coefficient (Wildman–Crippen LogP) is 4.39. The van der Waals surface area contributed by atoms with Crippen LogP contribution in [-0.4, -0.2) is 13.2 Å². The highest BCUT2D eigenvalue weighted by molar-refractivity contribution is 5.28. The van der Waals surface area contributed by atoms with Crippen LogP contribution < -0.4 is 10.1 Å². The summed E-state index contributed by atoms with van der Waals surface area (Å²) in [6.07, 6.45) is 3.85. The van der Waals surface area contributed by atoms with Crippen LogP contribution in [-0.2, 0) is 6.54 Å². The molecule has 2 rings (SSSR count). The van der Waals surface area contributed by atoms with Crippen molar-refractivity contribution in [3.63, 3.8) is 0 Å². The molecular formula is C18H29NO. The SMILES string of the molecule is COc1cccc(CNC2CC(C)(C)CC(C)(C)C2)c1. The van der Waals surface area contributed by atoms with E-state index in [1.807, 2.05) is 6.07 Å². The highest BCUT2D eigenvalue weighted by atomic mass is 16.5. The van der Waals surface area contributed by atoms with Crippen LogP contribution in [0.15, 0.2) is 24.3 Å². The summed E-state index contributed by atoms with van der Waals surface area (Å²) in [6, 6.07) is 8.95. The summed E-state index contributed by atoms with van der Waals surface area (Å²) in [6.45, 7) is 10.5. The number of benzene rings is 1. The Morgan fingerprint density at radius 1 is 1.15 bits per heavy atom. The van der Waals surface area contributed by atoms with Crippen LogP contribution in [0.5, 0.6) is 5.75 Å². The molecule has 1 fully saturated rings. The molecule has 1 aromatic carbocycles. The number of nitrogens with one attached hydrogen (secondary N) is 1. The van der Waals surface area contributed by atoms with Crippen LogP contribution in [0.3, 0.4) is 0 Å². The Morgan fingerprint density at radius 2 is 1.80 bits per heavy atom. The molecule has 2 heteroatoms. The van der Waals surface area contributed by atoms with E-state index in [0.29, 0.717) is 16.9 Å². The lowest BCUT2D eigenvalue weighted by Gasteiger charge is -2.45. The first-order valence-corrected chi connectivity index (χ1v) is 7.66. The van der Waals surface area contributed by atoms with Gasteiger partial charge in [0, 0.05) is 12.6 Å². The smallest absolute Gasteiger partial charge is 0.119 e. The normalized spacial score (nSPS) is 21.6. The van der Waals surface area contributed by atoms with Gasteiger partial charge in [-0.15, -0.1) is 0 Å². The van der Waals surface area contributed by atoms with Crippen molar-refractivity contribution in [2.75, 3.05) is 7.11 Å². The van der Waals surface area contributed by atoms with Crippen molar-refractivity contribution in [2.45, 2.75) is 59.5 Å². The van der Waals surface area contributed by atoms with Gasteiger partial charge in [0.2, 0.25) is 0 Å². The van der Waals surface area contributed by atoms with Crippen molar-refractivity contribution in [2.24, 2.45) is 10.8 Å². The molecule has 20 heavy (non-hydrogen) atoms. The fourth-order valence-corrected chi connectivity index (χ4v) is 4.04. The van der Waals surface area contributed by atoms with E-state index in [1.165, 1.54) is 24.8 Å². The van der Waals surface area contributed by atoms with E-state index in [4.69, 9.17) is 4.74 Å². The number of hydrogen-bond donors (Lipinski definition) is 1. The van der Waals surface area contributed by atoms with Crippen molar-refractivity contribution in [3.05, 3.63) is 29.8 Å². The van der Waals surface area contributed by atoms with Gasteiger partial charge >= 0.3 is 0 Å². The molecule has 0 saturated heterocycles. The Morgan fingerprint density at radius 3 is 2.40 bits per heavy atom. The van der Waals surface area contributed by atoms with Crippen molar-refractivity contribution >= 4 is 0 Å². The number of hydrogen-bond acceptors (Lipinski definition) is 2. The van der Waals surface area contributed by atoms with Crippen molar-refractivity contribution in [3.8, 4) is 5.75 Å². The van der Waals surface area contributed by atoms with Gasteiger partial charge in [0.1, 0.15) is 5.75 Å². The molecule has 2 nitrogen and oxygen atoms in total. The van der Waals surface area contributed by atoms with E-state index in [9.17, 15) is 0 Å². The average Bonchev–Trinajstić information content (AvgIpc) is 2.33. The first-order chi connectivity index (χ1) is 9.30. The van der Waals surface area contributed by atoms with Gasteiger partial charge in [0.25, 0.3) is 0 Å². The van der Waals surface area contributed by atoms with E-state index < -0.39 is 0 Å². The molecule has 1 aliphatic rings. The van der Waals surface area contributed by atoms with Crippen molar-refractivity contribution < 1.29 is 4.74 Å². The highest BCUT2D eigenvalue weighted by Crippen LogP contribution is 2.45. The van der Waals surface area contributed by atoms with Crippen molar-refractivity contribution in [1.29, 1.82) is 0 Å². The molecule has 1 saturated carbocycles. The largest absolute Gasteiger partial charge is 0.497 e. The van der Waals surface area contributed by atoms with E-state index in [0.717, 1.165) is 12.3 Å². The Bertz CT molecular complexity index is 434. The minimum atomic E-state index is 0.438. The zero-order chi connectivity index (χ0) is 14.8. The first-order valence-electron chi connectivity index (χ1n) is 7.66. The standard InChI is InChI=1S/C18H29NO/c1-17(2)10-15(11-18(3,4)13-17)19-12-14-7-6-8-16(9-14)20-5/h6-9,15,19H,10-13H2,1-5H3. The van der Waals surface area contributed by atoms with Gasteiger partial charge in [-0.25, -0.2) is 0 Å². The van der Waals surface area contributed by atoms with Gasteiger partial charge in [-0.05, 0) is 47.8 Å². The fraction of sp³-hybridized carbons (Fsp3) is 0.667. The molecule has 0 bridgehead atoms. The lowest BCUT2D eigenvalue weighted by molar-refractivity contribution is 0.0845. The number of ether oxygens (including phenoxy) is 1. The summed E-state index contributed by atoms with van der Waals surface area (Å²) in [5.41, 5.74) is 2.17. The van der Waals surface area contributed by atoms with Crippen LogP contribution in [0.25, 0.3) is 0 Å². The molecule has 0 spiro atoms. The van der Waals surface area contributed by atoms with E-state index in [2.05, 4.69) is 51.2 Å². The molecule has 0 aromatic heterocycles. The third-order valence-corrected chi connectivity index (χ3v) is 4.28. The molecule has 0 heterocycles. The summed E-state index contributed by atoms with van der Waals surface area (Å²) in [7, 11) is 1.72. The maximum atomic E-state index is 5.29. The zero-order valence-electron chi connectivity index (χ0n) is 13.6. The topological polar surface area (TPSA) is 21.3 Å². The van der Waals surface area contributed by atoms with E-state index in [1.54, 1.807) is 7.11 Å². The first kappa shape index (κ1) is 15.4. The second kappa shape index (κ2) is 5.77. The van der Waals surface area contributed by atoms with Gasteiger partial charge in [0.15, 0.2) is 0 Å². The molecule has 0 atom stereocenters. The van der Waals surface area contributed by atoms with Crippen LogP contribution in [0.2, 0.25) is 0 Å². The monoisotopic (exact) mass is 275 g/mol. The number of methoxy groups -OCH3 is 1. The summed E-state index contributed by atoms with van der Waals surface area (Å²) in [5.74, 6) is 0.939. The van der Waals surface area contributed by atoms with Gasteiger partial charge in [0.05, 0.1) is 7.11 Å². The quantitative estimate of drug-likeness (QED) is 0.880. The third-order valence-electron chi connectivity index (χ3n) is 4.28. The second-order valence-electron chi connectivity index (χ2n) is 7.84. The second-order valence-corrected chi connectivity index (χ2v) is 7.84. The van der Waals surface area contributed by atoms with Crippen LogP contribution >= 0.6 is 0 Å². The lowest BCUT2D eigenvalue weighted by atomic mass is 9.63.